The lowest BCUT2D eigenvalue weighted by Crippen LogP contribution is -2.60. The number of ketones is 1. The topological polar surface area (TPSA) is 37.3 Å². The standard InChI is InChI=1S/C22H26NO2/c1-23(19-11-12-20(23)14-21(24)13-19)15-22(25)18-9-7-17(8-10-18)16-5-3-2-4-6-16/h2-10,19-21,24H,11-15H2,1H3/q+1/t19-,20+,21?,23?. The lowest BCUT2D eigenvalue weighted by molar-refractivity contribution is -0.941. The Morgan fingerprint density at radius 1 is 0.960 bits per heavy atom. The number of hydrogen-bond acceptors (Lipinski definition) is 2. The van der Waals surface area contributed by atoms with Crippen molar-refractivity contribution < 1.29 is 14.4 Å². The number of aliphatic hydroxyl groups is 1. The van der Waals surface area contributed by atoms with Gasteiger partial charge in [-0.05, 0) is 11.1 Å². The molecule has 2 bridgehead atoms. The van der Waals surface area contributed by atoms with Crippen molar-refractivity contribution in [1.29, 1.82) is 0 Å². The van der Waals surface area contributed by atoms with Crippen LogP contribution in [-0.4, -0.2) is 47.2 Å². The number of carbonyl (C=O) groups is 1. The number of piperidine rings is 1. The van der Waals surface area contributed by atoms with Crippen molar-refractivity contribution in [2.45, 2.75) is 43.9 Å². The second-order valence-corrected chi connectivity index (χ2v) is 7.88. The summed E-state index contributed by atoms with van der Waals surface area (Å²) in [6.45, 7) is 0.548. The van der Waals surface area contributed by atoms with Crippen molar-refractivity contribution >= 4 is 5.78 Å². The minimum Gasteiger partial charge on any atom is -0.393 e. The van der Waals surface area contributed by atoms with Gasteiger partial charge in [0, 0.05) is 31.2 Å². The maximum atomic E-state index is 12.9. The van der Waals surface area contributed by atoms with Gasteiger partial charge < -0.3 is 9.59 Å². The molecule has 2 aromatic carbocycles. The zero-order valence-electron chi connectivity index (χ0n) is 14.8. The third kappa shape index (κ3) is 3.03. The molecule has 4 atom stereocenters. The summed E-state index contributed by atoms with van der Waals surface area (Å²) in [6.07, 6.45) is 3.78. The Morgan fingerprint density at radius 3 is 2.12 bits per heavy atom. The molecule has 0 radical (unpaired) electrons. The molecule has 4 rings (SSSR count). The molecule has 2 saturated heterocycles. The Balaban J connectivity index is 1.50. The molecule has 2 aliphatic rings. The van der Waals surface area contributed by atoms with Gasteiger partial charge in [-0.2, -0.15) is 0 Å². The van der Waals surface area contributed by atoms with E-state index in [4.69, 9.17) is 0 Å². The molecule has 2 unspecified atom stereocenters. The van der Waals surface area contributed by atoms with Crippen LogP contribution >= 0.6 is 0 Å². The van der Waals surface area contributed by atoms with E-state index in [1.54, 1.807) is 0 Å². The van der Waals surface area contributed by atoms with Crippen molar-refractivity contribution in [3.05, 3.63) is 60.2 Å². The van der Waals surface area contributed by atoms with Gasteiger partial charge in [-0.15, -0.1) is 0 Å². The minimum atomic E-state index is -0.177. The van der Waals surface area contributed by atoms with Crippen LogP contribution in [0.15, 0.2) is 54.6 Å². The monoisotopic (exact) mass is 336 g/mol. The average Bonchev–Trinajstić information content (AvgIpc) is 2.80. The summed E-state index contributed by atoms with van der Waals surface area (Å²) in [5.74, 6) is 0.218. The first kappa shape index (κ1) is 16.5. The molecule has 2 fully saturated rings. The number of hydrogen-bond donors (Lipinski definition) is 1. The van der Waals surface area contributed by atoms with Crippen molar-refractivity contribution in [3.63, 3.8) is 0 Å². The Bertz CT molecular complexity index is 739. The maximum absolute atomic E-state index is 12.9. The van der Waals surface area contributed by atoms with Gasteiger partial charge in [-0.25, -0.2) is 0 Å². The third-order valence-corrected chi connectivity index (χ3v) is 6.39. The molecule has 0 aliphatic carbocycles. The first-order valence-corrected chi connectivity index (χ1v) is 9.28. The Kier molecular flexibility index (Phi) is 4.22. The molecular formula is C22H26NO2+. The summed E-state index contributed by atoms with van der Waals surface area (Å²) >= 11 is 0. The third-order valence-electron chi connectivity index (χ3n) is 6.39. The molecule has 3 heteroatoms. The van der Waals surface area contributed by atoms with E-state index in [1.807, 2.05) is 42.5 Å². The number of quaternary nitrogens is 1. The lowest BCUT2D eigenvalue weighted by Gasteiger charge is -2.45. The van der Waals surface area contributed by atoms with Gasteiger partial charge in [0.15, 0.2) is 0 Å². The van der Waals surface area contributed by atoms with E-state index in [0.29, 0.717) is 18.6 Å². The predicted octanol–water partition coefficient (Wildman–Crippen LogP) is 3.67. The van der Waals surface area contributed by atoms with Gasteiger partial charge in [0.25, 0.3) is 0 Å². The number of nitrogens with zero attached hydrogens (tertiary/aromatic N) is 1. The zero-order valence-corrected chi connectivity index (χ0v) is 14.8. The molecule has 2 aliphatic heterocycles. The van der Waals surface area contributed by atoms with Gasteiger partial charge >= 0.3 is 0 Å². The molecule has 0 saturated carbocycles. The summed E-state index contributed by atoms with van der Waals surface area (Å²) in [5, 5.41) is 10.0. The summed E-state index contributed by atoms with van der Waals surface area (Å²) in [7, 11) is 2.21. The van der Waals surface area contributed by atoms with Crippen LogP contribution in [0.1, 0.15) is 36.0 Å². The van der Waals surface area contributed by atoms with Crippen LogP contribution < -0.4 is 0 Å². The Morgan fingerprint density at radius 2 is 1.52 bits per heavy atom. The average molecular weight is 336 g/mol. The van der Waals surface area contributed by atoms with E-state index >= 15 is 0 Å². The van der Waals surface area contributed by atoms with Gasteiger partial charge in [0.1, 0.15) is 6.54 Å². The minimum absolute atomic E-state index is 0.177. The molecule has 3 nitrogen and oxygen atoms in total. The number of Topliss-reactive ketones (excluding diaryl/α,β-unsaturated/α-hetero) is 1. The van der Waals surface area contributed by atoms with Gasteiger partial charge in [0.05, 0.1) is 25.2 Å². The summed E-state index contributed by atoms with van der Waals surface area (Å²) in [4.78, 5) is 12.9. The van der Waals surface area contributed by atoms with E-state index in [9.17, 15) is 9.90 Å². The van der Waals surface area contributed by atoms with Crippen LogP contribution in [0.4, 0.5) is 0 Å². The number of fused-ring (bicyclic) bond motifs is 2. The predicted molar refractivity (Wildman–Crippen MR) is 99.3 cm³/mol. The Hall–Kier alpha value is -1.97. The largest absolute Gasteiger partial charge is 0.393 e. The number of rotatable bonds is 4. The molecule has 25 heavy (non-hydrogen) atoms. The maximum Gasteiger partial charge on any atom is 0.216 e. The van der Waals surface area contributed by atoms with Crippen LogP contribution in [0.5, 0.6) is 0 Å². The highest BCUT2D eigenvalue weighted by atomic mass is 16.3. The van der Waals surface area contributed by atoms with Gasteiger partial charge in [-0.3, -0.25) is 4.79 Å². The van der Waals surface area contributed by atoms with Crippen LogP contribution in [0.2, 0.25) is 0 Å². The van der Waals surface area contributed by atoms with Gasteiger partial charge in [0.2, 0.25) is 5.78 Å². The fraction of sp³-hybridized carbons (Fsp3) is 0.409. The van der Waals surface area contributed by atoms with Crippen LogP contribution in [0.25, 0.3) is 11.1 Å². The molecule has 0 spiro atoms. The first-order chi connectivity index (χ1) is 12.1. The molecule has 0 amide bonds. The summed E-state index contributed by atoms with van der Waals surface area (Å²) < 4.78 is 0.816. The van der Waals surface area contributed by atoms with E-state index in [1.165, 1.54) is 5.56 Å². The number of benzene rings is 2. The van der Waals surface area contributed by atoms with Crippen LogP contribution in [-0.2, 0) is 0 Å². The summed E-state index contributed by atoms with van der Waals surface area (Å²) in [6, 6.07) is 19.1. The number of carbonyl (C=O) groups excluding carboxylic acids is 1. The first-order valence-electron chi connectivity index (χ1n) is 9.28. The van der Waals surface area contributed by atoms with Gasteiger partial charge in [-0.1, -0.05) is 54.6 Å². The molecule has 1 N–H and O–H groups in total. The lowest BCUT2D eigenvalue weighted by atomic mass is 9.95. The normalized spacial score (nSPS) is 31.0. The van der Waals surface area contributed by atoms with Crippen LogP contribution in [0.3, 0.4) is 0 Å². The molecule has 0 aromatic heterocycles. The van der Waals surface area contributed by atoms with E-state index in [2.05, 4.69) is 19.2 Å². The van der Waals surface area contributed by atoms with Crippen molar-refractivity contribution in [2.75, 3.05) is 13.6 Å². The second kappa shape index (κ2) is 6.40. The van der Waals surface area contributed by atoms with Crippen molar-refractivity contribution in [2.24, 2.45) is 0 Å². The van der Waals surface area contributed by atoms with E-state index in [0.717, 1.165) is 41.3 Å². The smallest absolute Gasteiger partial charge is 0.216 e. The van der Waals surface area contributed by atoms with Crippen molar-refractivity contribution in [1.82, 2.24) is 0 Å². The fourth-order valence-electron chi connectivity index (χ4n) is 4.85. The molecule has 130 valence electrons. The number of aliphatic hydroxyl groups excluding tert-OH is 1. The SMILES string of the molecule is C[N+]1(CC(=O)c2ccc(-c3ccccc3)cc2)[C@@H]2CC[C@H]1CC(O)C2. The van der Waals surface area contributed by atoms with E-state index < -0.39 is 0 Å². The zero-order chi connectivity index (χ0) is 17.4. The molecule has 2 aromatic rings. The molecular weight excluding hydrogens is 310 g/mol. The van der Waals surface area contributed by atoms with E-state index in [-0.39, 0.29) is 11.9 Å². The van der Waals surface area contributed by atoms with Crippen LogP contribution in [0, 0.1) is 0 Å². The number of likely N-dealkylation sites (N-methyl/N-ethyl adjacent to an activating group) is 1. The Labute approximate surface area is 149 Å². The fourth-order valence-corrected chi connectivity index (χ4v) is 4.85. The molecule has 2 heterocycles. The van der Waals surface area contributed by atoms with Crippen molar-refractivity contribution in [3.8, 4) is 11.1 Å². The second-order valence-electron chi connectivity index (χ2n) is 7.88. The highest BCUT2D eigenvalue weighted by Gasteiger charge is 2.51. The quantitative estimate of drug-likeness (QED) is 0.683. The highest BCUT2D eigenvalue weighted by molar-refractivity contribution is 5.97. The summed E-state index contributed by atoms with van der Waals surface area (Å²) in [5.41, 5.74) is 3.10. The highest BCUT2D eigenvalue weighted by Crippen LogP contribution is 2.41.